The summed E-state index contributed by atoms with van der Waals surface area (Å²) in [6.45, 7) is 0. The monoisotopic (exact) mass is 512 g/mol. The molecule has 0 aliphatic rings. The predicted molar refractivity (Wildman–Crippen MR) is 161 cm³/mol. The van der Waals surface area contributed by atoms with E-state index >= 15 is 0 Å². The van der Waals surface area contributed by atoms with Crippen molar-refractivity contribution in [3.8, 4) is 23.7 Å². The van der Waals surface area contributed by atoms with Crippen molar-refractivity contribution in [3.05, 3.63) is 121 Å². The first-order valence-corrected chi connectivity index (χ1v) is 13.2. The topological polar surface area (TPSA) is 44.5 Å². The van der Waals surface area contributed by atoms with E-state index < -0.39 is 0 Å². The zero-order chi connectivity index (χ0) is 26.4. The van der Waals surface area contributed by atoms with Crippen molar-refractivity contribution < 1.29 is 0 Å². The van der Waals surface area contributed by atoms with Crippen LogP contribution in [0.15, 0.2) is 115 Å². The van der Waals surface area contributed by atoms with Crippen LogP contribution in [0.5, 0.6) is 0 Å². The second-order valence-corrected chi connectivity index (χ2v) is 10.0. The van der Waals surface area contributed by atoms with Gasteiger partial charge in [0.2, 0.25) is 11.6 Å². The summed E-state index contributed by atoms with van der Waals surface area (Å²) in [5, 5.41) is 0. The van der Waals surface area contributed by atoms with Crippen LogP contribution in [0.4, 0.5) is 0 Å². The van der Waals surface area contributed by atoms with Crippen molar-refractivity contribution in [1.29, 1.82) is 0 Å². The van der Waals surface area contributed by atoms with Crippen molar-refractivity contribution in [3.63, 3.8) is 0 Å². The zero-order valence-corrected chi connectivity index (χ0v) is 21.2. The Kier molecular flexibility index (Phi) is 4.03. The van der Waals surface area contributed by atoms with E-state index in [-0.39, 0.29) is 0 Å². The smallest absolute Gasteiger partial charge is 0.220 e. The minimum Gasteiger partial charge on any atom is -0.278 e. The highest BCUT2D eigenvalue weighted by Crippen LogP contribution is 2.33. The Morgan fingerprint density at radius 2 is 0.875 bits per heavy atom. The average Bonchev–Trinajstić information content (AvgIpc) is 3.72. The molecule has 0 N–H and O–H groups in total. The van der Waals surface area contributed by atoms with E-state index in [1.165, 1.54) is 0 Å². The van der Waals surface area contributed by atoms with Gasteiger partial charge in [-0.05, 0) is 66.7 Å². The van der Waals surface area contributed by atoms with Gasteiger partial charge < -0.3 is 0 Å². The van der Waals surface area contributed by atoms with E-state index in [0.29, 0.717) is 0 Å². The van der Waals surface area contributed by atoms with Crippen molar-refractivity contribution in [2.45, 2.75) is 0 Å². The van der Waals surface area contributed by atoms with Gasteiger partial charge in [-0.3, -0.25) is 17.9 Å². The molecule has 6 heteroatoms. The Labute approximate surface area is 228 Å². The number of nitrogens with zero attached hydrogens (tertiary/aromatic N) is 6. The average molecular weight is 513 g/mol. The van der Waals surface area contributed by atoms with Gasteiger partial charge in [0.15, 0.2) is 0 Å². The van der Waals surface area contributed by atoms with E-state index in [9.17, 15) is 0 Å². The number of terminal acetylenes is 1. The number of rotatable bonds is 2. The van der Waals surface area contributed by atoms with Gasteiger partial charge in [0, 0.05) is 5.56 Å². The van der Waals surface area contributed by atoms with Crippen LogP contribution in [0.3, 0.4) is 0 Å². The molecule has 0 saturated heterocycles. The van der Waals surface area contributed by atoms with Gasteiger partial charge in [0.1, 0.15) is 0 Å². The SMILES string of the molecule is C#Cc1cc(-n2c3ccccc3n3c4ccccc4nc23)cc(-n2c3ccccc3n3c4ccccc4nc23)c1. The summed E-state index contributed by atoms with van der Waals surface area (Å²) < 4.78 is 8.84. The summed E-state index contributed by atoms with van der Waals surface area (Å²) in [5.74, 6) is 4.58. The largest absolute Gasteiger partial charge is 0.278 e. The molecule has 0 atom stereocenters. The lowest BCUT2D eigenvalue weighted by atomic mass is 10.1. The van der Waals surface area contributed by atoms with E-state index in [1.54, 1.807) is 0 Å². The van der Waals surface area contributed by atoms with Gasteiger partial charge in [-0.1, -0.05) is 54.5 Å². The van der Waals surface area contributed by atoms with Gasteiger partial charge >= 0.3 is 0 Å². The van der Waals surface area contributed by atoms with E-state index in [1.807, 2.05) is 12.1 Å². The van der Waals surface area contributed by atoms with Crippen molar-refractivity contribution in [2.24, 2.45) is 0 Å². The summed E-state index contributed by atoms with van der Waals surface area (Å²) in [5.41, 5.74) is 11.0. The molecular formula is C34H20N6. The Hall–Kier alpha value is -5.80. The minimum atomic E-state index is 0.784. The molecule has 40 heavy (non-hydrogen) atoms. The summed E-state index contributed by atoms with van der Waals surface area (Å²) in [6.07, 6.45) is 6.06. The predicted octanol–water partition coefficient (Wildman–Crippen LogP) is 7.16. The van der Waals surface area contributed by atoms with Gasteiger partial charge in [0.05, 0.1) is 55.5 Å². The third-order valence-electron chi connectivity index (χ3n) is 7.80. The van der Waals surface area contributed by atoms with Crippen LogP contribution in [-0.4, -0.2) is 27.9 Å². The molecule has 5 aromatic carbocycles. The molecule has 0 amide bonds. The first-order chi connectivity index (χ1) is 19.8. The lowest BCUT2D eigenvalue weighted by molar-refractivity contribution is 1.07. The van der Waals surface area contributed by atoms with Crippen molar-refractivity contribution in [2.75, 3.05) is 0 Å². The molecule has 9 rings (SSSR count). The number of benzene rings is 5. The zero-order valence-electron chi connectivity index (χ0n) is 21.2. The highest BCUT2D eigenvalue weighted by Gasteiger charge is 2.20. The molecule has 0 spiro atoms. The molecule has 0 unspecified atom stereocenters. The van der Waals surface area contributed by atoms with Crippen LogP contribution in [-0.2, 0) is 0 Å². The number of aromatic nitrogens is 6. The summed E-state index contributed by atoms with van der Waals surface area (Å²) in [6, 6.07) is 39.6. The molecule has 0 aliphatic carbocycles. The Bertz CT molecular complexity index is 2340. The molecule has 0 bridgehead atoms. The normalized spacial score (nSPS) is 12.0. The third-order valence-corrected chi connectivity index (χ3v) is 7.80. The van der Waals surface area contributed by atoms with Gasteiger partial charge in [0.25, 0.3) is 0 Å². The van der Waals surface area contributed by atoms with Gasteiger partial charge in [-0.15, -0.1) is 6.42 Å². The molecule has 0 saturated carbocycles. The van der Waals surface area contributed by atoms with Crippen LogP contribution in [0.2, 0.25) is 0 Å². The third kappa shape index (κ3) is 2.68. The van der Waals surface area contributed by atoms with Crippen molar-refractivity contribution in [1.82, 2.24) is 27.9 Å². The standard InChI is InChI=1S/C34H20N6/c1-2-22-19-23(37-29-15-7-9-17-31(29)39-27-13-5-3-11-25(27)35-33(37)39)21-24(20-22)38-30-16-8-10-18-32(30)40-28-14-6-4-12-26(28)36-34(38)40/h1,3-21H. The highest BCUT2D eigenvalue weighted by atomic mass is 15.2. The maximum atomic E-state index is 6.06. The van der Waals surface area contributed by atoms with Gasteiger partial charge in [-0.25, -0.2) is 9.97 Å². The molecule has 186 valence electrons. The maximum absolute atomic E-state index is 6.06. The van der Waals surface area contributed by atoms with Crippen LogP contribution < -0.4 is 0 Å². The Balaban J connectivity index is 1.41. The van der Waals surface area contributed by atoms with Crippen LogP contribution in [0, 0.1) is 12.3 Å². The summed E-state index contributed by atoms with van der Waals surface area (Å²) in [7, 11) is 0. The van der Waals surface area contributed by atoms with Crippen LogP contribution in [0.1, 0.15) is 5.56 Å². The van der Waals surface area contributed by atoms with Crippen LogP contribution in [0.25, 0.3) is 67.1 Å². The highest BCUT2D eigenvalue weighted by molar-refractivity contribution is 5.94. The fraction of sp³-hybridized carbons (Fsp3) is 0. The summed E-state index contributed by atoms with van der Waals surface area (Å²) in [4.78, 5) is 10.1. The quantitative estimate of drug-likeness (QED) is 0.231. The lowest BCUT2D eigenvalue weighted by Gasteiger charge is -2.11. The van der Waals surface area contributed by atoms with Gasteiger partial charge in [-0.2, -0.15) is 0 Å². The molecular weight excluding hydrogens is 492 g/mol. The fourth-order valence-corrected chi connectivity index (χ4v) is 6.15. The molecule has 4 aromatic heterocycles. The number of hydrogen-bond acceptors (Lipinski definition) is 2. The first-order valence-electron chi connectivity index (χ1n) is 13.2. The number of fused-ring (bicyclic) bond motifs is 10. The second-order valence-electron chi connectivity index (χ2n) is 10.0. The molecule has 4 heterocycles. The molecule has 9 aromatic rings. The maximum Gasteiger partial charge on any atom is 0.220 e. The molecule has 6 nitrogen and oxygen atoms in total. The number of imidazole rings is 4. The number of para-hydroxylation sites is 8. The lowest BCUT2D eigenvalue weighted by Crippen LogP contribution is -2.01. The Morgan fingerprint density at radius 1 is 0.475 bits per heavy atom. The van der Waals surface area contributed by atoms with Crippen LogP contribution >= 0.6 is 0 Å². The molecule has 0 aliphatic heterocycles. The van der Waals surface area contributed by atoms with E-state index in [2.05, 4.69) is 127 Å². The van der Waals surface area contributed by atoms with E-state index in [0.717, 1.165) is 72.6 Å². The first kappa shape index (κ1) is 21.2. The molecule has 0 radical (unpaired) electrons. The fourth-order valence-electron chi connectivity index (χ4n) is 6.15. The van der Waals surface area contributed by atoms with Crippen molar-refractivity contribution >= 4 is 55.7 Å². The summed E-state index contributed by atoms with van der Waals surface area (Å²) >= 11 is 0. The number of hydrogen-bond donors (Lipinski definition) is 0. The van der Waals surface area contributed by atoms with E-state index in [4.69, 9.17) is 16.4 Å². The Morgan fingerprint density at radius 3 is 1.32 bits per heavy atom. The second kappa shape index (κ2) is 7.62. The molecule has 0 fully saturated rings. The minimum absolute atomic E-state index is 0.784.